The van der Waals surface area contributed by atoms with E-state index in [2.05, 4.69) is 4.98 Å². The van der Waals surface area contributed by atoms with Crippen molar-refractivity contribution in [2.24, 2.45) is 0 Å². The van der Waals surface area contributed by atoms with E-state index in [0.717, 1.165) is 22.9 Å². The van der Waals surface area contributed by atoms with Gasteiger partial charge in [0.25, 0.3) is 5.91 Å². The quantitative estimate of drug-likeness (QED) is 0.768. The van der Waals surface area contributed by atoms with Gasteiger partial charge in [0.05, 0.1) is 5.69 Å². The smallest absolute Gasteiger partial charge is 0.265 e. The van der Waals surface area contributed by atoms with Gasteiger partial charge in [-0.2, -0.15) is 0 Å². The van der Waals surface area contributed by atoms with Gasteiger partial charge in [0.1, 0.15) is 22.2 Å². The van der Waals surface area contributed by atoms with Gasteiger partial charge >= 0.3 is 0 Å². The number of nitrogens with zero attached hydrogens (tertiary/aromatic N) is 3. The summed E-state index contributed by atoms with van der Waals surface area (Å²) in [6.07, 6.45) is 0.834. The van der Waals surface area contributed by atoms with Crippen LogP contribution < -0.4 is 4.74 Å². The van der Waals surface area contributed by atoms with Crippen molar-refractivity contribution in [1.29, 1.82) is 0 Å². The minimum absolute atomic E-state index is 0.0119. The molecule has 0 unspecified atom stereocenters. The van der Waals surface area contributed by atoms with Gasteiger partial charge in [-0.05, 0) is 26.0 Å². The number of rotatable bonds is 5. The highest BCUT2D eigenvalue weighted by atomic mass is 32.1. The second kappa shape index (κ2) is 7.65. The first-order chi connectivity index (χ1) is 12.1. The summed E-state index contributed by atoms with van der Waals surface area (Å²) >= 11 is 1.38. The van der Waals surface area contributed by atoms with E-state index in [0.29, 0.717) is 37.7 Å². The minimum Gasteiger partial charge on any atom is -0.486 e. The van der Waals surface area contributed by atoms with E-state index in [9.17, 15) is 9.59 Å². The summed E-state index contributed by atoms with van der Waals surface area (Å²) in [4.78, 5) is 32.1. The Bertz CT molecular complexity index is 749. The van der Waals surface area contributed by atoms with Crippen LogP contribution in [0.5, 0.6) is 5.75 Å². The molecule has 3 rings (SSSR count). The minimum atomic E-state index is -0.0119. The van der Waals surface area contributed by atoms with Crippen molar-refractivity contribution < 1.29 is 14.3 Å². The van der Waals surface area contributed by atoms with Crippen molar-refractivity contribution in [3.8, 4) is 5.75 Å². The highest BCUT2D eigenvalue weighted by Gasteiger charge is 2.25. The predicted octanol–water partition coefficient (Wildman–Crippen LogP) is 2.25. The van der Waals surface area contributed by atoms with Crippen molar-refractivity contribution >= 4 is 23.7 Å². The Morgan fingerprint density at radius 1 is 1.20 bits per heavy atom. The molecule has 0 radical (unpaired) electrons. The zero-order valence-corrected chi connectivity index (χ0v) is 15.2. The Labute approximate surface area is 151 Å². The molecule has 6 nitrogen and oxygen atoms in total. The Kier molecular flexibility index (Phi) is 5.33. The fraction of sp³-hybridized carbons (Fsp3) is 0.389. The summed E-state index contributed by atoms with van der Waals surface area (Å²) in [5.74, 6) is 0.776. The molecule has 1 aliphatic heterocycles. The summed E-state index contributed by atoms with van der Waals surface area (Å²) in [5, 5.41) is 0.785. The van der Waals surface area contributed by atoms with Crippen LogP contribution in [0.25, 0.3) is 0 Å². The van der Waals surface area contributed by atoms with Gasteiger partial charge in [-0.15, -0.1) is 11.3 Å². The maximum absolute atomic E-state index is 12.7. The van der Waals surface area contributed by atoms with Gasteiger partial charge in [-0.25, -0.2) is 4.98 Å². The first-order valence-corrected chi connectivity index (χ1v) is 9.03. The van der Waals surface area contributed by atoms with Crippen molar-refractivity contribution in [2.45, 2.75) is 20.5 Å². The number of aryl methyl sites for hydroxylation is 2. The molecule has 0 atom stereocenters. The van der Waals surface area contributed by atoms with Gasteiger partial charge < -0.3 is 14.5 Å². The molecule has 7 heteroatoms. The fourth-order valence-electron chi connectivity index (χ4n) is 2.67. The number of carbonyl (C=O) groups is 2. The summed E-state index contributed by atoms with van der Waals surface area (Å²) in [6, 6.07) is 7.84. The zero-order valence-electron chi connectivity index (χ0n) is 14.4. The predicted molar refractivity (Wildman–Crippen MR) is 95.9 cm³/mol. The largest absolute Gasteiger partial charge is 0.486 e. The standard InChI is InChI=1S/C18H21N3O3S/c1-13-3-5-15(6-4-13)24-11-16-19-14(2)17(25-16)18(23)21-9-7-20(12-22)8-10-21/h3-6,12H,7-11H2,1-2H3. The van der Waals surface area contributed by atoms with Crippen LogP contribution in [0.15, 0.2) is 24.3 Å². The number of aromatic nitrogens is 1. The molecule has 132 valence electrons. The van der Waals surface area contributed by atoms with E-state index in [4.69, 9.17) is 4.74 Å². The summed E-state index contributed by atoms with van der Waals surface area (Å²) in [7, 11) is 0. The molecular weight excluding hydrogens is 338 g/mol. The topological polar surface area (TPSA) is 62.7 Å². The van der Waals surface area contributed by atoms with Crippen LogP contribution in [-0.4, -0.2) is 53.3 Å². The van der Waals surface area contributed by atoms with Crippen molar-refractivity contribution in [1.82, 2.24) is 14.8 Å². The highest BCUT2D eigenvalue weighted by molar-refractivity contribution is 7.13. The second-order valence-corrected chi connectivity index (χ2v) is 7.14. The van der Waals surface area contributed by atoms with Gasteiger partial charge in [0.2, 0.25) is 6.41 Å². The van der Waals surface area contributed by atoms with Crippen molar-refractivity contribution in [3.05, 3.63) is 45.4 Å². The maximum atomic E-state index is 12.7. The third-order valence-electron chi connectivity index (χ3n) is 4.17. The third-order valence-corrected chi connectivity index (χ3v) is 5.29. The van der Waals surface area contributed by atoms with Crippen LogP contribution in [0, 0.1) is 13.8 Å². The molecule has 1 aromatic heterocycles. The monoisotopic (exact) mass is 359 g/mol. The molecule has 1 fully saturated rings. The maximum Gasteiger partial charge on any atom is 0.265 e. The van der Waals surface area contributed by atoms with Gasteiger partial charge in [0.15, 0.2) is 0 Å². The van der Waals surface area contributed by atoms with E-state index >= 15 is 0 Å². The average Bonchev–Trinajstić information content (AvgIpc) is 3.01. The van der Waals surface area contributed by atoms with E-state index in [1.165, 1.54) is 16.9 Å². The van der Waals surface area contributed by atoms with Crippen molar-refractivity contribution in [2.75, 3.05) is 26.2 Å². The molecule has 0 saturated carbocycles. The number of hydrogen-bond acceptors (Lipinski definition) is 5. The number of carbonyl (C=O) groups excluding carboxylic acids is 2. The molecule has 2 heterocycles. The Balaban J connectivity index is 1.62. The fourth-order valence-corrected chi connectivity index (χ4v) is 3.61. The Morgan fingerprint density at radius 2 is 1.88 bits per heavy atom. The average molecular weight is 359 g/mol. The lowest BCUT2D eigenvalue weighted by Gasteiger charge is -2.32. The summed E-state index contributed by atoms with van der Waals surface area (Å²) < 4.78 is 5.75. The number of piperazine rings is 1. The number of ether oxygens (including phenoxy) is 1. The van der Waals surface area contributed by atoms with Crippen molar-refractivity contribution in [3.63, 3.8) is 0 Å². The van der Waals surface area contributed by atoms with E-state index in [1.807, 2.05) is 38.1 Å². The van der Waals surface area contributed by atoms with E-state index in [-0.39, 0.29) is 5.91 Å². The van der Waals surface area contributed by atoms with E-state index < -0.39 is 0 Å². The molecule has 2 aromatic rings. The third kappa shape index (κ3) is 4.17. The molecule has 0 spiro atoms. The summed E-state index contributed by atoms with van der Waals surface area (Å²) in [6.45, 7) is 6.50. The first-order valence-electron chi connectivity index (χ1n) is 8.21. The Hall–Kier alpha value is -2.41. The Morgan fingerprint density at radius 3 is 2.52 bits per heavy atom. The number of amides is 2. The number of benzene rings is 1. The van der Waals surface area contributed by atoms with Crippen LogP contribution in [0.3, 0.4) is 0 Å². The molecule has 2 amide bonds. The number of thiazole rings is 1. The molecule has 0 N–H and O–H groups in total. The lowest BCUT2D eigenvalue weighted by molar-refractivity contribution is -0.119. The van der Waals surface area contributed by atoms with Gasteiger partial charge in [-0.3, -0.25) is 9.59 Å². The second-order valence-electron chi connectivity index (χ2n) is 6.06. The highest BCUT2D eigenvalue weighted by Crippen LogP contribution is 2.22. The van der Waals surface area contributed by atoms with Crippen LogP contribution in [0.2, 0.25) is 0 Å². The molecule has 0 bridgehead atoms. The first kappa shape index (κ1) is 17.4. The van der Waals surface area contributed by atoms with Gasteiger partial charge in [-0.1, -0.05) is 17.7 Å². The van der Waals surface area contributed by atoms with E-state index in [1.54, 1.807) is 9.80 Å². The molecule has 1 saturated heterocycles. The molecule has 1 aliphatic rings. The van der Waals surface area contributed by atoms with Crippen LogP contribution in [0.4, 0.5) is 0 Å². The lowest BCUT2D eigenvalue weighted by Crippen LogP contribution is -2.48. The lowest BCUT2D eigenvalue weighted by atomic mass is 10.2. The summed E-state index contributed by atoms with van der Waals surface area (Å²) in [5.41, 5.74) is 1.91. The number of hydrogen-bond donors (Lipinski definition) is 0. The van der Waals surface area contributed by atoms with Crippen LogP contribution in [-0.2, 0) is 11.4 Å². The van der Waals surface area contributed by atoms with Crippen LogP contribution in [0.1, 0.15) is 25.9 Å². The molecule has 1 aromatic carbocycles. The molecule has 25 heavy (non-hydrogen) atoms. The SMILES string of the molecule is Cc1ccc(OCc2nc(C)c(C(=O)N3CCN(C=O)CC3)s2)cc1. The van der Waals surface area contributed by atoms with Gasteiger partial charge in [0, 0.05) is 26.2 Å². The molecule has 0 aliphatic carbocycles. The zero-order chi connectivity index (χ0) is 17.8. The van der Waals surface area contributed by atoms with Crippen LogP contribution >= 0.6 is 11.3 Å². The molecular formula is C18H21N3O3S. The normalized spacial score (nSPS) is 14.5.